The Hall–Kier alpha value is -1.27. The molecule has 2 aromatic heterocycles. The van der Waals surface area contributed by atoms with Gasteiger partial charge in [0.15, 0.2) is 5.03 Å². The van der Waals surface area contributed by atoms with E-state index in [0.717, 1.165) is 11.3 Å². The van der Waals surface area contributed by atoms with Gasteiger partial charge in [0, 0.05) is 11.4 Å². The third kappa shape index (κ3) is 3.43. The minimum absolute atomic E-state index is 0.0101. The number of aryl methyl sites for hydroxylation is 1. The average Bonchev–Trinajstić information content (AvgIpc) is 2.94. The van der Waals surface area contributed by atoms with Gasteiger partial charge in [0.25, 0.3) is 10.0 Å². The van der Waals surface area contributed by atoms with Gasteiger partial charge in [0.05, 0.1) is 6.20 Å². The van der Waals surface area contributed by atoms with E-state index < -0.39 is 20.0 Å². The first-order valence-electron chi connectivity index (χ1n) is 5.31. The van der Waals surface area contributed by atoms with Crippen LogP contribution in [0.15, 0.2) is 27.6 Å². The lowest BCUT2D eigenvalue weighted by Gasteiger charge is -2.02. The fourth-order valence-corrected chi connectivity index (χ4v) is 4.17. The van der Waals surface area contributed by atoms with E-state index in [-0.39, 0.29) is 15.8 Å². The van der Waals surface area contributed by atoms with Gasteiger partial charge in [-0.15, -0.1) is 11.3 Å². The molecule has 20 heavy (non-hydrogen) atoms. The molecule has 0 radical (unpaired) electrons. The Morgan fingerprint density at radius 3 is 2.55 bits per heavy atom. The van der Waals surface area contributed by atoms with E-state index in [2.05, 4.69) is 14.7 Å². The summed E-state index contributed by atoms with van der Waals surface area (Å²) in [5, 5.41) is 4.93. The van der Waals surface area contributed by atoms with Crippen LogP contribution in [0.2, 0.25) is 0 Å². The van der Waals surface area contributed by atoms with Gasteiger partial charge in [-0.05, 0) is 19.1 Å². The fourth-order valence-electron chi connectivity index (χ4n) is 1.38. The standard InChI is InChI=1S/C9H12N4O4S3/c1-6-11-5-8(13-6)20(16,17)12-4-7-2-3-9(18-7)19(10,14)15/h2-3,5,12H,4H2,1H3,(H,11,13)(H2,10,14,15). The summed E-state index contributed by atoms with van der Waals surface area (Å²) in [5.74, 6) is 0.484. The molecule has 2 rings (SSSR count). The Kier molecular flexibility index (Phi) is 3.97. The van der Waals surface area contributed by atoms with Crippen LogP contribution in [-0.4, -0.2) is 26.8 Å². The molecule has 0 aromatic carbocycles. The van der Waals surface area contributed by atoms with Gasteiger partial charge in [-0.25, -0.2) is 31.7 Å². The Morgan fingerprint density at radius 2 is 2.05 bits per heavy atom. The van der Waals surface area contributed by atoms with Crippen LogP contribution in [-0.2, 0) is 26.6 Å². The second-order valence-electron chi connectivity index (χ2n) is 3.92. The molecule has 0 aliphatic carbocycles. The third-order valence-electron chi connectivity index (χ3n) is 2.32. The van der Waals surface area contributed by atoms with Crippen LogP contribution in [0.4, 0.5) is 0 Å². The SMILES string of the molecule is Cc1ncc(S(=O)(=O)NCc2ccc(S(N)(=O)=O)s2)[nH]1. The second kappa shape index (κ2) is 5.26. The molecule has 0 fully saturated rings. The summed E-state index contributed by atoms with van der Waals surface area (Å²) in [4.78, 5) is 6.95. The number of H-pyrrole nitrogens is 1. The van der Waals surface area contributed by atoms with Gasteiger partial charge < -0.3 is 4.98 Å². The molecule has 2 aromatic rings. The molecule has 4 N–H and O–H groups in total. The zero-order chi connectivity index (χ0) is 15.0. The summed E-state index contributed by atoms with van der Waals surface area (Å²) in [6, 6.07) is 2.84. The van der Waals surface area contributed by atoms with Crippen molar-refractivity contribution in [2.24, 2.45) is 5.14 Å². The molecular formula is C9H12N4O4S3. The monoisotopic (exact) mass is 336 g/mol. The number of nitrogens with two attached hydrogens (primary N) is 1. The maximum Gasteiger partial charge on any atom is 0.257 e. The van der Waals surface area contributed by atoms with Crippen LogP contribution >= 0.6 is 11.3 Å². The van der Waals surface area contributed by atoms with E-state index in [1.54, 1.807) is 6.92 Å². The summed E-state index contributed by atoms with van der Waals surface area (Å²) in [6.45, 7) is 1.61. The number of primary sulfonamides is 1. The quantitative estimate of drug-likeness (QED) is 0.701. The molecule has 2 heterocycles. The molecule has 0 amide bonds. The predicted molar refractivity (Wildman–Crippen MR) is 73.0 cm³/mol. The number of rotatable bonds is 5. The van der Waals surface area contributed by atoms with Crippen molar-refractivity contribution in [2.45, 2.75) is 22.7 Å². The number of hydrogen-bond donors (Lipinski definition) is 3. The summed E-state index contributed by atoms with van der Waals surface area (Å²) >= 11 is 0.915. The maximum atomic E-state index is 11.9. The maximum absolute atomic E-state index is 11.9. The lowest BCUT2D eigenvalue weighted by molar-refractivity contribution is 0.578. The molecule has 0 saturated heterocycles. The first-order valence-corrected chi connectivity index (χ1v) is 9.16. The summed E-state index contributed by atoms with van der Waals surface area (Å²) in [5.41, 5.74) is 0. The molecule has 0 bridgehead atoms. The van der Waals surface area contributed by atoms with E-state index in [4.69, 9.17) is 5.14 Å². The van der Waals surface area contributed by atoms with E-state index in [9.17, 15) is 16.8 Å². The topological polar surface area (TPSA) is 135 Å². The number of sulfonamides is 2. The summed E-state index contributed by atoms with van der Waals surface area (Å²) in [6.07, 6.45) is 1.21. The Morgan fingerprint density at radius 1 is 1.35 bits per heavy atom. The van der Waals surface area contributed by atoms with Crippen molar-refractivity contribution >= 4 is 31.4 Å². The van der Waals surface area contributed by atoms with Crippen molar-refractivity contribution in [3.05, 3.63) is 29.0 Å². The minimum atomic E-state index is -3.76. The van der Waals surface area contributed by atoms with Crippen molar-refractivity contribution in [1.29, 1.82) is 0 Å². The van der Waals surface area contributed by atoms with Crippen molar-refractivity contribution in [3.63, 3.8) is 0 Å². The highest BCUT2D eigenvalue weighted by Crippen LogP contribution is 2.20. The summed E-state index contributed by atoms with van der Waals surface area (Å²) < 4.78 is 48.4. The highest BCUT2D eigenvalue weighted by molar-refractivity contribution is 7.91. The summed E-state index contributed by atoms with van der Waals surface area (Å²) in [7, 11) is -7.47. The van der Waals surface area contributed by atoms with Crippen LogP contribution in [0.1, 0.15) is 10.7 Å². The molecule has 0 unspecified atom stereocenters. The average molecular weight is 336 g/mol. The zero-order valence-electron chi connectivity index (χ0n) is 10.3. The van der Waals surface area contributed by atoms with Gasteiger partial charge in [-0.1, -0.05) is 0 Å². The Balaban J connectivity index is 2.11. The minimum Gasteiger partial charge on any atom is -0.332 e. The van der Waals surface area contributed by atoms with Crippen molar-refractivity contribution < 1.29 is 16.8 Å². The van der Waals surface area contributed by atoms with Crippen LogP contribution in [0, 0.1) is 6.92 Å². The van der Waals surface area contributed by atoms with Gasteiger partial charge in [-0.3, -0.25) is 0 Å². The molecule has 0 aliphatic heterocycles. The predicted octanol–water partition coefficient (Wildman–Crippen LogP) is -0.0945. The molecule has 8 nitrogen and oxygen atoms in total. The highest BCUT2D eigenvalue weighted by Gasteiger charge is 2.17. The second-order valence-corrected chi connectivity index (χ2v) is 8.62. The van der Waals surface area contributed by atoms with Gasteiger partial charge in [0.2, 0.25) is 10.0 Å². The molecule has 0 atom stereocenters. The first kappa shape index (κ1) is 15.1. The lowest BCUT2D eigenvalue weighted by Crippen LogP contribution is -2.23. The van der Waals surface area contributed by atoms with E-state index >= 15 is 0 Å². The number of thiophene rings is 1. The van der Waals surface area contributed by atoms with Gasteiger partial charge in [0.1, 0.15) is 10.0 Å². The largest absolute Gasteiger partial charge is 0.332 e. The number of hydrogen-bond acceptors (Lipinski definition) is 6. The van der Waals surface area contributed by atoms with Crippen LogP contribution in [0.25, 0.3) is 0 Å². The van der Waals surface area contributed by atoms with Crippen LogP contribution < -0.4 is 9.86 Å². The molecule has 0 aliphatic rings. The van der Waals surface area contributed by atoms with Gasteiger partial charge >= 0.3 is 0 Å². The molecular weight excluding hydrogens is 324 g/mol. The number of nitrogens with one attached hydrogen (secondary N) is 2. The molecule has 11 heteroatoms. The van der Waals surface area contributed by atoms with E-state index in [0.29, 0.717) is 10.7 Å². The lowest BCUT2D eigenvalue weighted by atomic mass is 10.5. The third-order valence-corrected chi connectivity index (χ3v) is 6.16. The smallest absolute Gasteiger partial charge is 0.257 e. The first-order chi connectivity index (χ1) is 9.18. The normalized spacial score (nSPS) is 12.7. The van der Waals surface area contributed by atoms with Crippen molar-refractivity contribution in [2.75, 3.05) is 0 Å². The number of aromatic amines is 1. The zero-order valence-corrected chi connectivity index (χ0v) is 12.8. The molecule has 0 spiro atoms. The highest BCUT2D eigenvalue weighted by atomic mass is 32.2. The van der Waals surface area contributed by atoms with Crippen LogP contribution in [0.3, 0.4) is 0 Å². The van der Waals surface area contributed by atoms with E-state index in [1.165, 1.54) is 18.3 Å². The van der Waals surface area contributed by atoms with E-state index in [1.807, 2.05) is 0 Å². The number of imidazole rings is 1. The van der Waals surface area contributed by atoms with Crippen molar-refractivity contribution in [1.82, 2.24) is 14.7 Å². The fraction of sp³-hybridized carbons (Fsp3) is 0.222. The Bertz CT molecular complexity index is 819. The van der Waals surface area contributed by atoms with Crippen molar-refractivity contribution in [3.8, 4) is 0 Å². The Labute approximate surface area is 120 Å². The van der Waals surface area contributed by atoms with Crippen LogP contribution in [0.5, 0.6) is 0 Å². The molecule has 110 valence electrons. The van der Waals surface area contributed by atoms with Gasteiger partial charge in [-0.2, -0.15) is 0 Å². The number of aromatic nitrogens is 2. The molecule has 0 saturated carbocycles. The number of nitrogens with zero attached hydrogens (tertiary/aromatic N) is 1.